The molecule has 1 N–H and O–H groups in total. The molecule has 8 heteroatoms. The number of hydrogen-bond acceptors (Lipinski definition) is 4. The van der Waals surface area contributed by atoms with Crippen molar-refractivity contribution >= 4 is 35.1 Å². The van der Waals surface area contributed by atoms with Crippen molar-refractivity contribution in [1.82, 2.24) is 15.1 Å². The van der Waals surface area contributed by atoms with Gasteiger partial charge in [-0.3, -0.25) is 4.79 Å². The molecule has 2 fully saturated rings. The Morgan fingerprint density at radius 2 is 2.00 bits per heavy atom. The van der Waals surface area contributed by atoms with Crippen LogP contribution in [-0.2, 0) is 9.53 Å². The van der Waals surface area contributed by atoms with Gasteiger partial charge in [0.2, 0.25) is 0 Å². The van der Waals surface area contributed by atoms with Gasteiger partial charge in [0.05, 0.1) is 22.6 Å². The monoisotopic (exact) mass is 393 g/mol. The molecule has 0 saturated heterocycles. The van der Waals surface area contributed by atoms with E-state index in [1.165, 1.54) is 6.20 Å². The first-order chi connectivity index (χ1) is 12.5. The van der Waals surface area contributed by atoms with E-state index >= 15 is 0 Å². The fourth-order valence-electron chi connectivity index (χ4n) is 2.82. The summed E-state index contributed by atoms with van der Waals surface area (Å²) >= 11 is 12.3. The molecule has 2 aliphatic rings. The summed E-state index contributed by atoms with van der Waals surface area (Å²) in [5.74, 6) is -0.594. The molecule has 0 bridgehead atoms. The topological polar surface area (TPSA) is 73.2 Å². The fraction of sp³-hybridized carbons (Fsp3) is 0.389. The van der Waals surface area contributed by atoms with Gasteiger partial charge in [0, 0.05) is 17.0 Å². The summed E-state index contributed by atoms with van der Waals surface area (Å²) in [5.41, 5.74) is 1.79. The predicted molar refractivity (Wildman–Crippen MR) is 97.0 cm³/mol. The Morgan fingerprint density at radius 1 is 1.23 bits per heavy atom. The van der Waals surface area contributed by atoms with Crippen molar-refractivity contribution in [3.05, 3.63) is 45.7 Å². The van der Waals surface area contributed by atoms with E-state index in [4.69, 9.17) is 27.9 Å². The van der Waals surface area contributed by atoms with Gasteiger partial charge in [-0.25, -0.2) is 9.48 Å². The largest absolute Gasteiger partial charge is 0.452 e. The second-order valence-electron chi connectivity index (χ2n) is 6.64. The SMILES string of the molecule is O=C(COC(=O)c1cnn(-c2ccc(Cl)cc2Cl)c1C1CC1)NC1CC1. The number of halogens is 2. The number of amides is 1. The molecular weight excluding hydrogens is 377 g/mol. The molecule has 4 rings (SSSR count). The van der Waals surface area contributed by atoms with Gasteiger partial charge < -0.3 is 10.1 Å². The average Bonchev–Trinajstić information content (AvgIpc) is 3.53. The van der Waals surface area contributed by atoms with Gasteiger partial charge in [-0.15, -0.1) is 0 Å². The van der Waals surface area contributed by atoms with Gasteiger partial charge in [0.15, 0.2) is 6.61 Å². The Labute approximate surface area is 160 Å². The minimum Gasteiger partial charge on any atom is -0.452 e. The highest BCUT2D eigenvalue weighted by Gasteiger charge is 2.34. The van der Waals surface area contributed by atoms with Crippen LogP contribution in [0, 0.1) is 0 Å². The van der Waals surface area contributed by atoms with Crippen molar-refractivity contribution in [3.8, 4) is 5.69 Å². The number of rotatable bonds is 6. The van der Waals surface area contributed by atoms with Gasteiger partial charge in [-0.1, -0.05) is 23.2 Å². The molecule has 2 aliphatic carbocycles. The maximum atomic E-state index is 12.5. The maximum Gasteiger partial charge on any atom is 0.342 e. The molecule has 1 heterocycles. The highest BCUT2D eigenvalue weighted by molar-refractivity contribution is 6.35. The molecular formula is C18H17Cl2N3O3. The number of carbonyl (C=O) groups excluding carboxylic acids is 2. The third-order valence-electron chi connectivity index (χ3n) is 4.41. The summed E-state index contributed by atoms with van der Waals surface area (Å²) in [6, 6.07) is 5.36. The number of benzene rings is 1. The summed E-state index contributed by atoms with van der Waals surface area (Å²) < 4.78 is 6.84. The van der Waals surface area contributed by atoms with Crippen LogP contribution in [0.1, 0.15) is 47.7 Å². The van der Waals surface area contributed by atoms with Gasteiger partial charge >= 0.3 is 5.97 Å². The molecule has 0 aliphatic heterocycles. The van der Waals surface area contributed by atoms with Crippen LogP contribution in [0.2, 0.25) is 10.0 Å². The van der Waals surface area contributed by atoms with Crippen molar-refractivity contribution in [1.29, 1.82) is 0 Å². The third-order valence-corrected chi connectivity index (χ3v) is 4.94. The summed E-state index contributed by atoms with van der Waals surface area (Å²) in [5, 5.41) is 8.10. The first kappa shape index (κ1) is 17.4. The van der Waals surface area contributed by atoms with E-state index in [1.54, 1.807) is 22.9 Å². The van der Waals surface area contributed by atoms with E-state index in [9.17, 15) is 9.59 Å². The number of nitrogens with one attached hydrogen (secondary N) is 1. The standard InChI is InChI=1S/C18H17Cl2N3O3/c19-11-3-6-15(14(20)7-11)23-17(10-1-2-10)13(8-21-23)18(25)26-9-16(24)22-12-4-5-12/h3,6-8,10,12H,1-2,4-5,9H2,(H,22,24). The number of hydrogen-bond donors (Lipinski definition) is 1. The van der Waals surface area contributed by atoms with E-state index in [1.807, 2.05) is 0 Å². The van der Waals surface area contributed by atoms with Crippen LogP contribution >= 0.6 is 23.2 Å². The lowest BCUT2D eigenvalue weighted by Crippen LogP contribution is -2.30. The first-order valence-corrected chi connectivity index (χ1v) is 9.28. The van der Waals surface area contributed by atoms with E-state index in [0.29, 0.717) is 21.3 Å². The molecule has 1 aromatic carbocycles. The maximum absolute atomic E-state index is 12.5. The van der Waals surface area contributed by atoms with Gasteiger partial charge in [0.25, 0.3) is 5.91 Å². The smallest absolute Gasteiger partial charge is 0.342 e. The van der Waals surface area contributed by atoms with Gasteiger partial charge in [-0.2, -0.15) is 5.10 Å². The normalized spacial score (nSPS) is 16.4. The van der Waals surface area contributed by atoms with Crippen LogP contribution in [0.3, 0.4) is 0 Å². The van der Waals surface area contributed by atoms with Crippen molar-refractivity contribution in [2.75, 3.05) is 6.61 Å². The highest BCUT2D eigenvalue weighted by Crippen LogP contribution is 2.43. The highest BCUT2D eigenvalue weighted by atomic mass is 35.5. The predicted octanol–water partition coefficient (Wildman–Crippen LogP) is 3.49. The van der Waals surface area contributed by atoms with Crippen molar-refractivity contribution in [2.24, 2.45) is 0 Å². The zero-order valence-corrected chi connectivity index (χ0v) is 15.4. The Balaban J connectivity index is 1.55. The molecule has 6 nitrogen and oxygen atoms in total. The van der Waals surface area contributed by atoms with E-state index < -0.39 is 5.97 Å². The molecule has 136 valence electrons. The molecule has 0 spiro atoms. The van der Waals surface area contributed by atoms with Crippen LogP contribution in [0.25, 0.3) is 5.69 Å². The molecule has 0 atom stereocenters. The summed E-state index contributed by atoms with van der Waals surface area (Å²) in [6.45, 7) is -0.285. The number of ether oxygens (including phenoxy) is 1. The summed E-state index contributed by atoms with van der Waals surface area (Å²) in [6.07, 6.45) is 5.39. The quantitative estimate of drug-likeness (QED) is 0.762. The number of aromatic nitrogens is 2. The first-order valence-electron chi connectivity index (χ1n) is 8.53. The Morgan fingerprint density at radius 3 is 2.65 bits per heavy atom. The van der Waals surface area contributed by atoms with Crippen molar-refractivity contribution in [3.63, 3.8) is 0 Å². The Bertz CT molecular complexity index is 873. The Hall–Kier alpha value is -2.05. The lowest BCUT2D eigenvalue weighted by atomic mass is 10.1. The molecule has 0 unspecified atom stereocenters. The fourth-order valence-corrected chi connectivity index (χ4v) is 3.30. The van der Waals surface area contributed by atoms with Crippen LogP contribution in [0.5, 0.6) is 0 Å². The second kappa shape index (κ2) is 6.93. The Kier molecular flexibility index (Phi) is 4.63. The summed E-state index contributed by atoms with van der Waals surface area (Å²) in [7, 11) is 0. The van der Waals surface area contributed by atoms with Crippen LogP contribution in [0.4, 0.5) is 0 Å². The lowest BCUT2D eigenvalue weighted by Gasteiger charge is -2.11. The van der Waals surface area contributed by atoms with Crippen molar-refractivity contribution in [2.45, 2.75) is 37.6 Å². The molecule has 2 saturated carbocycles. The second-order valence-corrected chi connectivity index (χ2v) is 7.49. The molecule has 26 heavy (non-hydrogen) atoms. The van der Waals surface area contributed by atoms with E-state index in [-0.39, 0.29) is 24.5 Å². The van der Waals surface area contributed by atoms with Gasteiger partial charge in [-0.05, 0) is 43.9 Å². The zero-order chi connectivity index (χ0) is 18.3. The van der Waals surface area contributed by atoms with Crippen LogP contribution < -0.4 is 5.32 Å². The van der Waals surface area contributed by atoms with Crippen LogP contribution in [-0.4, -0.2) is 34.3 Å². The van der Waals surface area contributed by atoms with E-state index in [0.717, 1.165) is 31.4 Å². The molecule has 1 amide bonds. The molecule has 1 aromatic heterocycles. The molecule has 0 radical (unpaired) electrons. The number of carbonyl (C=O) groups is 2. The third kappa shape index (κ3) is 3.71. The molecule has 2 aromatic rings. The van der Waals surface area contributed by atoms with Gasteiger partial charge in [0.1, 0.15) is 5.56 Å². The minimum atomic E-state index is -0.547. The number of esters is 1. The van der Waals surface area contributed by atoms with Crippen molar-refractivity contribution < 1.29 is 14.3 Å². The van der Waals surface area contributed by atoms with E-state index in [2.05, 4.69) is 10.4 Å². The number of nitrogens with zero attached hydrogens (tertiary/aromatic N) is 2. The lowest BCUT2D eigenvalue weighted by molar-refractivity contribution is -0.124. The summed E-state index contributed by atoms with van der Waals surface area (Å²) in [4.78, 5) is 24.2. The van der Waals surface area contributed by atoms with Crippen LogP contribution in [0.15, 0.2) is 24.4 Å². The zero-order valence-electron chi connectivity index (χ0n) is 13.9. The minimum absolute atomic E-state index is 0.229. The average molecular weight is 394 g/mol.